The predicted octanol–water partition coefficient (Wildman–Crippen LogP) is -1.54. The second kappa shape index (κ2) is 8.08. The summed E-state index contributed by atoms with van der Waals surface area (Å²) < 4.78 is 31.0. The fraction of sp³-hybridized carbons (Fsp3) is 0.375. The monoisotopic (exact) mass is 224 g/mol. The first kappa shape index (κ1) is 16.2. The van der Waals surface area contributed by atoms with Crippen molar-refractivity contribution in [1.29, 1.82) is 0 Å². The van der Waals surface area contributed by atoms with E-state index in [4.69, 9.17) is 0 Å². The molecule has 2 nitrogen and oxygen atoms in total. The second-order valence-electron chi connectivity index (χ2n) is 2.86. The van der Waals surface area contributed by atoms with Crippen LogP contribution in [0.1, 0.15) is 0 Å². The SMILES string of the molecule is CN(C)c1cc[n+](C)cc1.FB(F)F.[F-]. The van der Waals surface area contributed by atoms with Crippen LogP contribution in [-0.2, 0) is 7.05 Å². The third-order valence-electron chi connectivity index (χ3n) is 1.48. The van der Waals surface area contributed by atoms with Crippen molar-refractivity contribution in [3.63, 3.8) is 0 Å². The van der Waals surface area contributed by atoms with E-state index in [0.29, 0.717) is 0 Å². The fourth-order valence-corrected chi connectivity index (χ4v) is 0.791. The Balaban J connectivity index is 0. The molecule has 0 radical (unpaired) electrons. The van der Waals surface area contributed by atoms with Gasteiger partial charge in [0.05, 0.1) is 0 Å². The van der Waals surface area contributed by atoms with Gasteiger partial charge in [-0.2, -0.15) is 0 Å². The molecule has 0 saturated carbocycles. The quantitative estimate of drug-likeness (QED) is 0.318. The Morgan fingerprint density at radius 3 is 1.73 bits per heavy atom. The van der Waals surface area contributed by atoms with E-state index in [0.717, 1.165) is 0 Å². The van der Waals surface area contributed by atoms with E-state index >= 15 is 0 Å². The molecule has 15 heavy (non-hydrogen) atoms. The van der Waals surface area contributed by atoms with Crippen LogP contribution >= 0.6 is 0 Å². The van der Waals surface area contributed by atoms with Crippen LogP contribution in [0, 0.1) is 0 Å². The average Bonchev–Trinajstić information content (AvgIpc) is 2.03. The molecule has 0 amide bonds. The van der Waals surface area contributed by atoms with Crippen LogP contribution in [0.3, 0.4) is 0 Å². The Labute approximate surface area is 86.9 Å². The Kier molecular flexibility index (Phi) is 8.71. The van der Waals surface area contributed by atoms with Crippen molar-refractivity contribution in [3.8, 4) is 0 Å². The lowest BCUT2D eigenvalue weighted by atomic mass is 10.4. The molecule has 1 aromatic rings. The number of aryl methyl sites for hydroxylation is 1. The zero-order valence-corrected chi connectivity index (χ0v) is 8.79. The molecule has 1 aromatic heterocycles. The predicted molar refractivity (Wildman–Crippen MR) is 51.0 cm³/mol. The Hall–Kier alpha value is -1.27. The van der Waals surface area contributed by atoms with Gasteiger partial charge in [-0.1, -0.05) is 0 Å². The second-order valence-corrected chi connectivity index (χ2v) is 2.86. The fourth-order valence-electron chi connectivity index (χ4n) is 0.791. The number of anilines is 1. The zero-order valence-electron chi connectivity index (χ0n) is 8.79. The molecule has 0 aliphatic rings. The Morgan fingerprint density at radius 1 is 1.13 bits per heavy atom. The van der Waals surface area contributed by atoms with Crippen molar-refractivity contribution in [3.05, 3.63) is 24.5 Å². The van der Waals surface area contributed by atoms with E-state index in [1.165, 1.54) is 5.69 Å². The molecule has 1 heterocycles. The molecule has 0 bridgehead atoms. The van der Waals surface area contributed by atoms with Crippen LogP contribution in [0.2, 0.25) is 0 Å². The largest absolute Gasteiger partial charge is 1.00 e. The van der Waals surface area contributed by atoms with E-state index in [2.05, 4.69) is 17.0 Å². The van der Waals surface area contributed by atoms with Crippen LogP contribution in [0.5, 0.6) is 0 Å². The smallest absolute Gasteiger partial charge is 0.762 e. The highest BCUT2D eigenvalue weighted by molar-refractivity contribution is 6.33. The van der Waals surface area contributed by atoms with Gasteiger partial charge >= 0.3 is 7.54 Å². The highest BCUT2D eigenvalue weighted by Gasteiger charge is 2.06. The summed E-state index contributed by atoms with van der Waals surface area (Å²) in [6, 6.07) is 4.17. The van der Waals surface area contributed by atoms with Crippen LogP contribution in [0.15, 0.2) is 24.5 Å². The van der Waals surface area contributed by atoms with Crippen molar-refractivity contribution in [2.24, 2.45) is 7.05 Å². The third-order valence-corrected chi connectivity index (χ3v) is 1.48. The molecule has 0 N–H and O–H groups in total. The lowest BCUT2D eigenvalue weighted by molar-refractivity contribution is -0.671. The minimum Gasteiger partial charge on any atom is -1.00 e. The molecule has 1 rings (SSSR count). The topological polar surface area (TPSA) is 7.12 Å². The first-order chi connectivity index (χ1) is 6.43. The highest BCUT2D eigenvalue weighted by atomic mass is 19.4. The summed E-state index contributed by atoms with van der Waals surface area (Å²) in [4.78, 5) is 2.08. The van der Waals surface area contributed by atoms with Crippen LogP contribution in [-0.4, -0.2) is 21.6 Å². The van der Waals surface area contributed by atoms with Crippen LogP contribution in [0.4, 0.5) is 18.6 Å². The number of halogens is 4. The number of hydrogen-bond acceptors (Lipinski definition) is 1. The van der Waals surface area contributed by atoms with Gasteiger partial charge in [0.15, 0.2) is 12.4 Å². The van der Waals surface area contributed by atoms with Gasteiger partial charge in [0, 0.05) is 31.9 Å². The van der Waals surface area contributed by atoms with Gasteiger partial charge in [0.25, 0.3) is 0 Å². The molecule has 7 heteroatoms. The van der Waals surface area contributed by atoms with Gasteiger partial charge in [-0.3, -0.25) is 12.9 Å². The molecule has 0 aliphatic heterocycles. The summed E-state index contributed by atoms with van der Waals surface area (Å²) in [6.45, 7) is 0. The van der Waals surface area contributed by atoms with Gasteiger partial charge < -0.3 is 9.60 Å². The third kappa shape index (κ3) is 9.05. The molecular weight excluding hydrogens is 211 g/mol. The van der Waals surface area contributed by atoms with E-state index in [-0.39, 0.29) is 4.70 Å². The number of aromatic nitrogens is 1. The lowest BCUT2D eigenvalue weighted by Gasteiger charge is -2.09. The Morgan fingerprint density at radius 2 is 1.47 bits per heavy atom. The van der Waals surface area contributed by atoms with Gasteiger partial charge in [-0.05, 0) is 0 Å². The van der Waals surface area contributed by atoms with E-state index in [1.807, 2.05) is 38.1 Å². The lowest BCUT2D eigenvalue weighted by Crippen LogP contribution is -3.00. The first-order valence-corrected chi connectivity index (χ1v) is 3.98. The molecule has 0 fully saturated rings. The zero-order chi connectivity index (χ0) is 11.1. The summed E-state index contributed by atoms with van der Waals surface area (Å²) >= 11 is 0. The Bertz CT molecular complexity index is 251. The maximum atomic E-state index is 9.67. The number of pyridine rings is 1. The van der Waals surface area contributed by atoms with Crippen molar-refractivity contribution < 1.29 is 22.2 Å². The normalized spacial score (nSPS) is 8.13. The molecule has 0 atom stereocenters. The average molecular weight is 224 g/mol. The summed E-state index contributed by atoms with van der Waals surface area (Å²) in [5.41, 5.74) is 1.23. The molecule has 0 saturated heterocycles. The van der Waals surface area contributed by atoms with Crippen LogP contribution in [0.25, 0.3) is 0 Å². The van der Waals surface area contributed by atoms with Gasteiger partial charge in [-0.25, -0.2) is 4.57 Å². The van der Waals surface area contributed by atoms with Gasteiger partial charge in [-0.15, -0.1) is 0 Å². The van der Waals surface area contributed by atoms with Crippen LogP contribution < -0.4 is 14.2 Å². The van der Waals surface area contributed by atoms with E-state index < -0.39 is 7.54 Å². The van der Waals surface area contributed by atoms with E-state index in [9.17, 15) is 12.9 Å². The maximum absolute atomic E-state index is 9.67. The van der Waals surface area contributed by atoms with E-state index in [1.54, 1.807) is 0 Å². The van der Waals surface area contributed by atoms with Crippen molar-refractivity contribution >= 4 is 13.2 Å². The summed E-state index contributed by atoms with van der Waals surface area (Å²) in [5, 5.41) is 0. The number of rotatable bonds is 1. The molecule has 0 unspecified atom stereocenters. The summed E-state index contributed by atoms with van der Waals surface area (Å²) in [5.74, 6) is 0. The summed E-state index contributed by atoms with van der Waals surface area (Å²) in [6.07, 6.45) is 4.07. The van der Waals surface area contributed by atoms with Gasteiger partial charge in [0.1, 0.15) is 7.05 Å². The molecule has 0 aromatic carbocycles. The maximum Gasteiger partial charge on any atom is 0.762 e. The summed E-state index contributed by atoms with van der Waals surface area (Å²) in [7, 11) is 2.42. The van der Waals surface area contributed by atoms with Gasteiger partial charge in [0.2, 0.25) is 0 Å². The molecule has 0 aliphatic carbocycles. The van der Waals surface area contributed by atoms with Crippen molar-refractivity contribution in [2.75, 3.05) is 19.0 Å². The molecular formula is C8H13BF4N2. The standard InChI is InChI=1S/C8H13N2.BF3.FH/c1-9(2)8-4-6-10(3)7-5-8;2-1(3)4;/h4-7H,1-3H3;;1H/q+1;;/p-1. The van der Waals surface area contributed by atoms with Crippen molar-refractivity contribution in [1.82, 2.24) is 0 Å². The minimum absolute atomic E-state index is 0. The highest BCUT2D eigenvalue weighted by Crippen LogP contribution is 2.04. The minimum atomic E-state index is -3.67. The van der Waals surface area contributed by atoms with Crippen molar-refractivity contribution in [2.45, 2.75) is 0 Å². The molecule has 86 valence electrons. The number of nitrogens with zero attached hydrogens (tertiary/aromatic N) is 2. The number of hydrogen-bond donors (Lipinski definition) is 0. The first-order valence-electron chi connectivity index (χ1n) is 3.98. The molecule has 0 spiro atoms.